The molecule has 1 saturated carbocycles. The van der Waals surface area contributed by atoms with Crippen molar-refractivity contribution in [3.8, 4) is 0 Å². The van der Waals surface area contributed by atoms with Gasteiger partial charge in [-0.2, -0.15) is 0 Å². The van der Waals surface area contributed by atoms with Crippen LogP contribution in [0.2, 0.25) is 4.82 Å². The van der Waals surface area contributed by atoms with Gasteiger partial charge < -0.3 is 0 Å². The maximum absolute atomic E-state index is 11.3. The molecule has 4 atom stereocenters. The molecule has 170 valence electrons. The van der Waals surface area contributed by atoms with Gasteiger partial charge in [0.25, 0.3) is 0 Å². The predicted molar refractivity (Wildman–Crippen MR) is 135 cm³/mol. The summed E-state index contributed by atoms with van der Waals surface area (Å²) in [5, 5.41) is 18.7. The number of rotatable bonds is 10. The van der Waals surface area contributed by atoms with Gasteiger partial charge >= 0.3 is 200 Å². The summed E-state index contributed by atoms with van der Waals surface area (Å²) in [7, 11) is 0. The van der Waals surface area contributed by atoms with Crippen molar-refractivity contribution in [3.05, 3.63) is 78.9 Å². The van der Waals surface area contributed by atoms with Crippen LogP contribution < -0.4 is 4.46 Å². The van der Waals surface area contributed by atoms with Gasteiger partial charge in [-0.1, -0.05) is 0 Å². The second-order valence-electron chi connectivity index (χ2n) is 10.0. The van der Waals surface area contributed by atoms with Crippen LogP contribution in [0.15, 0.2) is 78.4 Å². The Morgan fingerprint density at radius 3 is 2.53 bits per heavy atom. The summed E-state index contributed by atoms with van der Waals surface area (Å²) in [4.78, 5) is 0.311. The number of hydrogen-bond acceptors (Lipinski definition) is 3. The van der Waals surface area contributed by atoms with E-state index in [0.29, 0.717) is 16.8 Å². The molecule has 1 heterocycles. The van der Waals surface area contributed by atoms with Crippen LogP contribution in [0.5, 0.6) is 0 Å². The van der Waals surface area contributed by atoms with E-state index < -0.39 is 0 Å². The van der Waals surface area contributed by atoms with Crippen LogP contribution in [0.25, 0.3) is 0 Å². The van der Waals surface area contributed by atoms with Crippen molar-refractivity contribution < 1.29 is 5.11 Å². The van der Waals surface area contributed by atoms with E-state index in [0.717, 1.165) is 38.6 Å². The Hall–Kier alpha value is -1.87. The molecule has 2 aromatic carbocycles. The zero-order valence-electron chi connectivity index (χ0n) is 19.4. The minimum atomic E-state index is -0.293. The summed E-state index contributed by atoms with van der Waals surface area (Å²) in [6.45, 7) is 9.59. The van der Waals surface area contributed by atoms with Gasteiger partial charge in [0, 0.05) is 0 Å². The zero-order valence-corrected chi connectivity index (χ0v) is 21.1. The Bertz CT molecular complexity index is 912. The summed E-state index contributed by atoms with van der Waals surface area (Å²) >= 11 is 0.257. The summed E-state index contributed by atoms with van der Waals surface area (Å²) in [6.07, 6.45) is 6.62. The fourth-order valence-corrected chi connectivity index (χ4v) is 7.40. The fourth-order valence-electron chi connectivity index (χ4n) is 4.92. The molecule has 0 spiro atoms. The number of hydrogen-bond donors (Lipinski definition) is 1. The normalized spacial score (nSPS) is 25.0. The molecule has 1 aliphatic heterocycles. The Morgan fingerprint density at radius 1 is 1.16 bits per heavy atom. The molecule has 0 amide bonds. The van der Waals surface area contributed by atoms with E-state index >= 15 is 0 Å². The summed E-state index contributed by atoms with van der Waals surface area (Å²) in [5.74, 6) is 0.370. The summed E-state index contributed by atoms with van der Waals surface area (Å²) < 4.78 is 1.36. The van der Waals surface area contributed by atoms with Crippen LogP contribution in [0.4, 0.5) is 0 Å². The number of nitrogens with zero attached hydrogens (tertiary/aromatic N) is 2. The molecular weight excluding hydrogens is 459 g/mol. The van der Waals surface area contributed by atoms with Crippen molar-refractivity contribution in [2.45, 2.75) is 62.9 Å². The van der Waals surface area contributed by atoms with Gasteiger partial charge in [0.2, 0.25) is 0 Å². The van der Waals surface area contributed by atoms with E-state index in [1.807, 2.05) is 6.08 Å². The number of hydrazone groups is 1. The molecule has 4 rings (SSSR count). The monoisotopic (exact) mass is 496 g/mol. The molecule has 2 aromatic rings. The second kappa shape index (κ2) is 10.4. The average molecular weight is 496 g/mol. The third-order valence-corrected chi connectivity index (χ3v) is 9.53. The minimum absolute atomic E-state index is 0.253. The van der Waals surface area contributed by atoms with Crippen molar-refractivity contribution in [1.29, 1.82) is 0 Å². The van der Waals surface area contributed by atoms with Gasteiger partial charge in [0.1, 0.15) is 0 Å². The first-order chi connectivity index (χ1) is 15.4. The Labute approximate surface area is 199 Å². The Balaban J connectivity index is 1.44. The van der Waals surface area contributed by atoms with Gasteiger partial charge in [-0.15, -0.1) is 0 Å². The number of aliphatic hydroxyl groups is 1. The first-order valence-corrected chi connectivity index (χ1v) is 13.7. The van der Waals surface area contributed by atoms with E-state index in [4.69, 9.17) is 5.10 Å². The summed E-state index contributed by atoms with van der Waals surface area (Å²) in [6, 6.07) is 21.8. The molecule has 0 bridgehead atoms. The first kappa shape index (κ1) is 23.3. The molecule has 3 nitrogen and oxygen atoms in total. The van der Waals surface area contributed by atoms with Gasteiger partial charge in [0.15, 0.2) is 0 Å². The van der Waals surface area contributed by atoms with Crippen LogP contribution in [-0.2, 0) is 0 Å². The van der Waals surface area contributed by atoms with Gasteiger partial charge in [-0.05, 0) is 0 Å². The van der Waals surface area contributed by atoms with E-state index in [1.54, 1.807) is 0 Å². The van der Waals surface area contributed by atoms with E-state index in [9.17, 15) is 5.11 Å². The van der Waals surface area contributed by atoms with E-state index in [2.05, 4.69) is 86.1 Å². The molecule has 2 aliphatic rings. The Kier molecular flexibility index (Phi) is 7.55. The van der Waals surface area contributed by atoms with Crippen LogP contribution in [-0.4, -0.2) is 43.4 Å². The van der Waals surface area contributed by atoms with Crippen LogP contribution in [0, 0.1) is 11.3 Å². The average Bonchev–Trinajstić information content (AvgIpc) is 3.49. The van der Waals surface area contributed by atoms with Gasteiger partial charge in [-0.3, -0.25) is 0 Å². The van der Waals surface area contributed by atoms with Crippen LogP contribution in [0.3, 0.4) is 0 Å². The SMILES string of the molecule is C=CCCC([Se]c1ccccc1)C(O)CC1CC(C)(C)C/C1=N/N1CC1c1ccccc1. The summed E-state index contributed by atoms with van der Waals surface area (Å²) in [5.41, 5.74) is 2.89. The maximum atomic E-state index is 11.3. The van der Waals surface area contributed by atoms with Crippen molar-refractivity contribution in [2.24, 2.45) is 16.4 Å². The van der Waals surface area contributed by atoms with Crippen LogP contribution >= 0.6 is 0 Å². The third-order valence-electron chi connectivity index (χ3n) is 6.60. The molecule has 1 aliphatic carbocycles. The van der Waals surface area contributed by atoms with Crippen molar-refractivity contribution in [3.63, 3.8) is 0 Å². The van der Waals surface area contributed by atoms with Crippen LogP contribution in [0.1, 0.15) is 57.6 Å². The molecule has 4 heteroatoms. The molecule has 2 fully saturated rings. The molecule has 4 unspecified atom stereocenters. The quantitative estimate of drug-likeness (QED) is 0.273. The van der Waals surface area contributed by atoms with Crippen molar-refractivity contribution >= 4 is 25.1 Å². The third kappa shape index (κ3) is 6.13. The predicted octanol–water partition coefficient (Wildman–Crippen LogP) is 5.37. The van der Waals surface area contributed by atoms with Gasteiger partial charge in [0.05, 0.1) is 0 Å². The number of aliphatic hydroxyl groups excluding tert-OH is 1. The topological polar surface area (TPSA) is 35.6 Å². The number of benzene rings is 2. The number of allylic oxidation sites excluding steroid dienone is 1. The fraction of sp³-hybridized carbons (Fsp3) is 0.464. The van der Waals surface area contributed by atoms with E-state index in [1.165, 1.54) is 15.7 Å². The first-order valence-electron chi connectivity index (χ1n) is 11.8. The van der Waals surface area contributed by atoms with Gasteiger partial charge in [-0.25, -0.2) is 0 Å². The second-order valence-corrected chi connectivity index (χ2v) is 12.8. The van der Waals surface area contributed by atoms with Crippen molar-refractivity contribution in [2.75, 3.05) is 6.54 Å². The standard InChI is InChI=1S/C28H36N2OSe/c1-4-5-16-27(32-23-14-10-7-11-15-23)26(31)17-22-18-28(2,3)19-24(22)29-30-20-25(30)21-12-8-6-9-13-21/h4,6-15,22,25-27,31H,1,5,16-20H2,2-3H3/b29-24-. The molecule has 0 aromatic heterocycles. The zero-order chi connectivity index (χ0) is 22.6. The molecule has 1 N–H and O–H groups in total. The van der Waals surface area contributed by atoms with Crippen molar-refractivity contribution in [1.82, 2.24) is 5.01 Å². The molecule has 1 saturated heterocycles. The molecule has 32 heavy (non-hydrogen) atoms. The Morgan fingerprint density at radius 2 is 1.84 bits per heavy atom. The molecule has 0 radical (unpaired) electrons. The molecular formula is C28H36N2OSe. The van der Waals surface area contributed by atoms with E-state index in [-0.39, 0.29) is 26.5 Å².